The van der Waals surface area contributed by atoms with Crippen molar-refractivity contribution in [1.82, 2.24) is 20.0 Å². The molecule has 2 aliphatic rings. The summed E-state index contributed by atoms with van der Waals surface area (Å²) >= 11 is 0. The number of carbonyl (C=O) groups is 1. The van der Waals surface area contributed by atoms with Crippen LogP contribution in [0.5, 0.6) is 0 Å². The summed E-state index contributed by atoms with van der Waals surface area (Å²) in [5.74, 6) is 1.16. The standard InChI is InChI=1S/C19H32N4O/c1-14(2)10-16-11-18(22(3)21-16)19(24)20-12-15-8-9-23(13-15)17-6-4-5-7-17/h11,14-15,17H,4-10,12-13H2,1-3H3,(H,20,24)/t15-/m0/s1. The molecule has 2 heterocycles. The van der Waals surface area contributed by atoms with Gasteiger partial charge in [0.2, 0.25) is 0 Å². The zero-order valence-electron chi connectivity index (χ0n) is 15.4. The van der Waals surface area contributed by atoms with Crippen molar-refractivity contribution < 1.29 is 4.79 Å². The van der Waals surface area contributed by atoms with Gasteiger partial charge in [0.1, 0.15) is 5.69 Å². The average Bonchev–Trinajstić information content (AvgIpc) is 3.24. The van der Waals surface area contributed by atoms with E-state index in [1.54, 1.807) is 4.68 Å². The average molecular weight is 332 g/mol. The van der Waals surface area contributed by atoms with Crippen molar-refractivity contribution in [3.05, 3.63) is 17.5 Å². The van der Waals surface area contributed by atoms with E-state index in [0.29, 0.717) is 17.5 Å². The molecular formula is C19H32N4O. The molecule has 5 nitrogen and oxygen atoms in total. The lowest BCUT2D eigenvalue weighted by Gasteiger charge is -2.23. The monoisotopic (exact) mass is 332 g/mol. The van der Waals surface area contributed by atoms with Crippen LogP contribution in [-0.4, -0.2) is 46.3 Å². The first-order valence-corrected chi connectivity index (χ1v) is 9.58. The van der Waals surface area contributed by atoms with Gasteiger partial charge < -0.3 is 10.2 Å². The molecule has 134 valence electrons. The molecule has 1 aromatic rings. The van der Waals surface area contributed by atoms with E-state index in [1.165, 1.54) is 38.6 Å². The van der Waals surface area contributed by atoms with Gasteiger partial charge >= 0.3 is 0 Å². The number of nitrogens with one attached hydrogen (secondary N) is 1. The predicted octanol–water partition coefficient (Wildman–Crippen LogP) is 2.61. The largest absolute Gasteiger partial charge is 0.350 e. The van der Waals surface area contributed by atoms with E-state index in [0.717, 1.165) is 31.2 Å². The van der Waals surface area contributed by atoms with E-state index in [4.69, 9.17) is 0 Å². The summed E-state index contributed by atoms with van der Waals surface area (Å²) in [4.78, 5) is 15.1. The normalized spacial score (nSPS) is 22.6. The molecule has 3 rings (SSSR count). The summed E-state index contributed by atoms with van der Waals surface area (Å²) in [6.45, 7) is 7.48. The molecule has 0 aromatic carbocycles. The summed E-state index contributed by atoms with van der Waals surface area (Å²) in [5.41, 5.74) is 1.68. The number of nitrogens with zero attached hydrogens (tertiary/aromatic N) is 3. The Kier molecular flexibility index (Phi) is 5.59. The van der Waals surface area contributed by atoms with Crippen LogP contribution < -0.4 is 5.32 Å². The maximum absolute atomic E-state index is 12.5. The first-order chi connectivity index (χ1) is 11.5. The Labute approximate surface area is 145 Å². The fourth-order valence-electron chi connectivity index (χ4n) is 4.22. The molecule has 0 bridgehead atoms. The van der Waals surface area contributed by atoms with Crippen molar-refractivity contribution in [3.63, 3.8) is 0 Å². The Balaban J connectivity index is 1.48. The molecule has 2 fully saturated rings. The zero-order valence-corrected chi connectivity index (χ0v) is 15.4. The minimum atomic E-state index is 0.0133. The number of aryl methyl sites for hydroxylation is 1. The summed E-state index contributed by atoms with van der Waals surface area (Å²) < 4.78 is 1.71. The molecule has 1 saturated heterocycles. The molecule has 5 heteroatoms. The highest BCUT2D eigenvalue weighted by atomic mass is 16.2. The molecule has 1 saturated carbocycles. The fourth-order valence-corrected chi connectivity index (χ4v) is 4.22. The highest BCUT2D eigenvalue weighted by Gasteiger charge is 2.30. The molecule has 1 aromatic heterocycles. The molecule has 1 atom stereocenters. The van der Waals surface area contributed by atoms with Crippen molar-refractivity contribution in [2.75, 3.05) is 19.6 Å². The second-order valence-electron chi connectivity index (χ2n) is 8.04. The molecule has 1 aliphatic heterocycles. The van der Waals surface area contributed by atoms with Crippen LogP contribution in [0.3, 0.4) is 0 Å². The lowest BCUT2D eigenvalue weighted by atomic mass is 10.1. The first-order valence-electron chi connectivity index (χ1n) is 9.58. The van der Waals surface area contributed by atoms with Crippen molar-refractivity contribution in [2.24, 2.45) is 18.9 Å². The van der Waals surface area contributed by atoms with Gasteiger partial charge in [-0.1, -0.05) is 26.7 Å². The van der Waals surface area contributed by atoms with E-state index in [2.05, 4.69) is 29.2 Å². The van der Waals surface area contributed by atoms with Gasteiger partial charge in [0.25, 0.3) is 5.91 Å². The van der Waals surface area contributed by atoms with Crippen molar-refractivity contribution >= 4 is 5.91 Å². The number of aromatic nitrogens is 2. The Morgan fingerprint density at radius 2 is 2.08 bits per heavy atom. The van der Waals surface area contributed by atoms with Crippen LogP contribution in [0.1, 0.15) is 62.1 Å². The molecule has 0 unspecified atom stereocenters. The van der Waals surface area contributed by atoms with Crippen LogP contribution >= 0.6 is 0 Å². The van der Waals surface area contributed by atoms with Crippen LogP contribution in [0, 0.1) is 11.8 Å². The van der Waals surface area contributed by atoms with Crippen LogP contribution in [0.4, 0.5) is 0 Å². The molecule has 0 spiro atoms. The van der Waals surface area contributed by atoms with E-state index >= 15 is 0 Å². The number of hydrogen-bond donors (Lipinski definition) is 1. The maximum Gasteiger partial charge on any atom is 0.269 e. The minimum absolute atomic E-state index is 0.0133. The number of hydrogen-bond acceptors (Lipinski definition) is 3. The molecule has 0 radical (unpaired) electrons. The van der Waals surface area contributed by atoms with Gasteiger partial charge in [-0.3, -0.25) is 9.48 Å². The van der Waals surface area contributed by atoms with Crippen molar-refractivity contribution in [3.8, 4) is 0 Å². The summed E-state index contributed by atoms with van der Waals surface area (Å²) in [5, 5.41) is 7.60. The third kappa shape index (κ3) is 4.18. The predicted molar refractivity (Wildman–Crippen MR) is 96.0 cm³/mol. The van der Waals surface area contributed by atoms with Crippen LogP contribution in [-0.2, 0) is 13.5 Å². The zero-order chi connectivity index (χ0) is 17.1. The maximum atomic E-state index is 12.5. The Hall–Kier alpha value is -1.36. The second-order valence-corrected chi connectivity index (χ2v) is 8.04. The van der Waals surface area contributed by atoms with E-state index in [1.807, 2.05) is 13.1 Å². The Bertz CT molecular complexity index is 560. The van der Waals surface area contributed by atoms with E-state index < -0.39 is 0 Å². The highest BCUT2D eigenvalue weighted by molar-refractivity contribution is 5.92. The smallest absolute Gasteiger partial charge is 0.269 e. The Morgan fingerprint density at radius 1 is 1.33 bits per heavy atom. The van der Waals surface area contributed by atoms with Crippen LogP contribution in [0.25, 0.3) is 0 Å². The topological polar surface area (TPSA) is 50.2 Å². The number of amides is 1. The van der Waals surface area contributed by atoms with E-state index in [9.17, 15) is 4.79 Å². The Morgan fingerprint density at radius 3 is 2.79 bits per heavy atom. The summed E-state index contributed by atoms with van der Waals surface area (Å²) in [7, 11) is 1.86. The van der Waals surface area contributed by atoms with Crippen LogP contribution in [0.15, 0.2) is 6.07 Å². The van der Waals surface area contributed by atoms with Gasteiger partial charge in [-0.05, 0) is 50.1 Å². The fraction of sp³-hybridized carbons (Fsp3) is 0.789. The molecule has 1 amide bonds. The first kappa shape index (κ1) is 17.5. The molecule has 1 aliphatic carbocycles. The summed E-state index contributed by atoms with van der Waals surface area (Å²) in [6, 6.07) is 2.75. The van der Waals surface area contributed by atoms with Gasteiger partial charge in [-0.15, -0.1) is 0 Å². The van der Waals surface area contributed by atoms with Gasteiger partial charge in [0, 0.05) is 26.2 Å². The van der Waals surface area contributed by atoms with Gasteiger partial charge in [-0.2, -0.15) is 5.10 Å². The second kappa shape index (κ2) is 7.68. The number of rotatable bonds is 6. The molecule has 24 heavy (non-hydrogen) atoms. The quantitative estimate of drug-likeness (QED) is 0.871. The lowest BCUT2D eigenvalue weighted by Crippen LogP contribution is -2.34. The van der Waals surface area contributed by atoms with Crippen LogP contribution in [0.2, 0.25) is 0 Å². The lowest BCUT2D eigenvalue weighted by molar-refractivity contribution is 0.0937. The molecule has 1 N–H and O–H groups in total. The number of carbonyl (C=O) groups excluding carboxylic acids is 1. The van der Waals surface area contributed by atoms with Gasteiger partial charge in [-0.25, -0.2) is 0 Å². The van der Waals surface area contributed by atoms with Crippen molar-refractivity contribution in [2.45, 2.75) is 58.4 Å². The van der Waals surface area contributed by atoms with Gasteiger partial charge in [0.05, 0.1) is 5.69 Å². The van der Waals surface area contributed by atoms with E-state index in [-0.39, 0.29) is 5.91 Å². The SMILES string of the molecule is CC(C)Cc1cc(C(=O)NC[C@@H]2CCN(C3CCCC3)C2)n(C)n1. The minimum Gasteiger partial charge on any atom is -0.350 e. The van der Waals surface area contributed by atoms with Crippen molar-refractivity contribution in [1.29, 1.82) is 0 Å². The summed E-state index contributed by atoms with van der Waals surface area (Å²) in [6.07, 6.45) is 7.64. The van der Waals surface area contributed by atoms with Gasteiger partial charge in [0.15, 0.2) is 0 Å². The molecular weight excluding hydrogens is 300 g/mol. The highest BCUT2D eigenvalue weighted by Crippen LogP contribution is 2.28. The third-order valence-corrected chi connectivity index (χ3v) is 5.49. The third-order valence-electron chi connectivity index (χ3n) is 5.49. The number of likely N-dealkylation sites (tertiary alicyclic amines) is 1.